The Morgan fingerprint density at radius 2 is 1.94 bits per heavy atom. The Balaban J connectivity index is 2.61. The van der Waals surface area contributed by atoms with E-state index in [2.05, 4.69) is 18.2 Å². The van der Waals surface area contributed by atoms with Gasteiger partial charge in [-0.05, 0) is 50.8 Å². The van der Waals surface area contributed by atoms with Crippen molar-refractivity contribution in [3.63, 3.8) is 0 Å². The fraction of sp³-hybridized carbons (Fsp3) is 0.400. The molecule has 1 aliphatic carbocycles. The van der Waals surface area contributed by atoms with E-state index < -0.39 is 11.4 Å². The second-order valence-electron chi connectivity index (χ2n) is 5.42. The third-order valence-electron chi connectivity index (χ3n) is 3.58. The number of carbonyl (C=O) groups is 1. The van der Waals surface area contributed by atoms with Gasteiger partial charge in [0.2, 0.25) is 0 Å². The molecule has 2 rings (SSSR count). The number of hydrogen-bond donors (Lipinski definition) is 1. The normalized spacial score (nSPS) is 15.1. The van der Waals surface area contributed by atoms with E-state index in [0.717, 1.165) is 17.6 Å². The minimum absolute atomic E-state index is 0.763. The van der Waals surface area contributed by atoms with Gasteiger partial charge in [-0.1, -0.05) is 29.3 Å². The highest BCUT2D eigenvalue weighted by molar-refractivity contribution is 5.94. The first-order valence-electron chi connectivity index (χ1n) is 5.87. The standard InChI is InChI=1S/C15H18O2/c1-9-5-6-11-8-10(2)13(12(11)7-9)15(3,4)14(16)17/h5-7H,8H2,1-4H3,(H,16,17). The van der Waals surface area contributed by atoms with E-state index in [0.29, 0.717) is 0 Å². The van der Waals surface area contributed by atoms with Gasteiger partial charge in [0.15, 0.2) is 0 Å². The van der Waals surface area contributed by atoms with Crippen molar-refractivity contribution >= 4 is 11.5 Å². The van der Waals surface area contributed by atoms with E-state index in [1.165, 1.54) is 16.7 Å². The summed E-state index contributed by atoms with van der Waals surface area (Å²) >= 11 is 0. The van der Waals surface area contributed by atoms with Crippen LogP contribution in [0.3, 0.4) is 0 Å². The van der Waals surface area contributed by atoms with Gasteiger partial charge >= 0.3 is 5.97 Å². The first-order valence-corrected chi connectivity index (χ1v) is 5.87. The third kappa shape index (κ3) is 1.78. The molecule has 0 heterocycles. The molecule has 0 saturated heterocycles. The summed E-state index contributed by atoms with van der Waals surface area (Å²) in [5, 5.41) is 9.38. The van der Waals surface area contributed by atoms with Crippen molar-refractivity contribution in [3.05, 3.63) is 40.5 Å². The number of allylic oxidation sites excluding steroid dienone is 1. The molecule has 1 N–H and O–H groups in total. The second-order valence-corrected chi connectivity index (χ2v) is 5.42. The van der Waals surface area contributed by atoms with Gasteiger partial charge in [0, 0.05) is 0 Å². The molecule has 0 amide bonds. The number of carboxylic acid groups (broad SMARTS) is 1. The third-order valence-corrected chi connectivity index (χ3v) is 3.58. The molecule has 0 saturated carbocycles. The van der Waals surface area contributed by atoms with Crippen LogP contribution in [0.1, 0.15) is 37.5 Å². The minimum atomic E-state index is -0.816. The molecule has 90 valence electrons. The van der Waals surface area contributed by atoms with Crippen molar-refractivity contribution < 1.29 is 9.90 Å². The Kier molecular flexibility index (Phi) is 2.61. The zero-order chi connectivity index (χ0) is 12.8. The van der Waals surface area contributed by atoms with Crippen LogP contribution in [0.25, 0.3) is 5.57 Å². The summed E-state index contributed by atoms with van der Waals surface area (Å²) in [4.78, 5) is 11.4. The number of hydrogen-bond acceptors (Lipinski definition) is 1. The number of aryl methyl sites for hydroxylation is 1. The maximum atomic E-state index is 11.4. The highest BCUT2D eigenvalue weighted by Gasteiger charge is 2.37. The average molecular weight is 230 g/mol. The van der Waals surface area contributed by atoms with Crippen LogP contribution in [0, 0.1) is 12.3 Å². The summed E-state index contributed by atoms with van der Waals surface area (Å²) < 4.78 is 0. The largest absolute Gasteiger partial charge is 0.481 e. The van der Waals surface area contributed by atoms with Gasteiger partial charge < -0.3 is 5.11 Å². The van der Waals surface area contributed by atoms with E-state index in [1.807, 2.05) is 13.8 Å². The molecule has 0 radical (unpaired) electrons. The maximum Gasteiger partial charge on any atom is 0.313 e. The van der Waals surface area contributed by atoms with Crippen molar-refractivity contribution in [3.8, 4) is 0 Å². The van der Waals surface area contributed by atoms with Crippen LogP contribution in [0.4, 0.5) is 0 Å². The summed E-state index contributed by atoms with van der Waals surface area (Å²) in [6, 6.07) is 6.30. The Hall–Kier alpha value is -1.57. The molecule has 0 aromatic heterocycles. The van der Waals surface area contributed by atoms with Gasteiger partial charge in [-0.3, -0.25) is 4.79 Å². The summed E-state index contributed by atoms with van der Waals surface area (Å²) in [5.41, 5.74) is 4.90. The van der Waals surface area contributed by atoms with Crippen LogP contribution < -0.4 is 0 Å². The highest BCUT2D eigenvalue weighted by atomic mass is 16.4. The zero-order valence-corrected chi connectivity index (χ0v) is 10.8. The molecule has 1 aliphatic rings. The number of rotatable bonds is 2. The maximum absolute atomic E-state index is 11.4. The van der Waals surface area contributed by atoms with Crippen LogP contribution in [-0.2, 0) is 11.2 Å². The van der Waals surface area contributed by atoms with Crippen molar-refractivity contribution in [2.24, 2.45) is 5.41 Å². The summed E-state index contributed by atoms with van der Waals surface area (Å²) in [6.07, 6.45) is 0.877. The molecular weight excluding hydrogens is 212 g/mol. The number of fused-ring (bicyclic) bond motifs is 1. The molecule has 17 heavy (non-hydrogen) atoms. The lowest BCUT2D eigenvalue weighted by Crippen LogP contribution is -2.25. The lowest BCUT2D eigenvalue weighted by Gasteiger charge is -2.23. The molecular formula is C15H18O2. The summed E-state index contributed by atoms with van der Waals surface area (Å²) in [7, 11) is 0. The Morgan fingerprint density at radius 1 is 1.29 bits per heavy atom. The van der Waals surface area contributed by atoms with E-state index in [4.69, 9.17) is 0 Å². The fourth-order valence-corrected chi connectivity index (χ4v) is 2.66. The zero-order valence-electron chi connectivity index (χ0n) is 10.8. The van der Waals surface area contributed by atoms with Crippen molar-refractivity contribution in [1.82, 2.24) is 0 Å². The molecule has 0 spiro atoms. The van der Waals surface area contributed by atoms with Gasteiger partial charge in [-0.2, -0.15) is 0 Å². The fourth-order valence-electron chi connectivity index (χ4n) is 2.66. The molecule has 1 aromatic rings. The molecule has 2 heteroatoms. The van der Waals surface area contributed by atoms with Crippen LogP contribution >= 0.6 is 0 Å². The van der Waals surface area contributed by atoms with Crippen LogP contribution in [0.15, 0.2) is 23.8 Å². The first kappa shape index (κ1) is 11.9. The molecule has 1 aromatic carbocycles. The van der Waals surface area contributed by atoms with Crippen LogP contribution in [0.2, 0.25) is 0 Å². The van der Waals surface area contributed by atoms with Crippen LogP contribution in [0.5, 0.6) is 0 Å². The molecule has 0 aliphatic heterocycles. The Labute approximate surface area is 102 Å². The predicted octanol–water partition coefficient (Wildman–Crippen LogP) is 3.44. The molecule has 0 unspecified atom stereocenters. The van der Waals surface area contributed by atoms with Gasteiger partial charge in [0.05, 0.1) is 5.41 Å². The van der Waals surface area contributed by atoms with Gasteiger partial charge in [-0.15, -0.1) is 0 Å². The molecule has 0 bridgehead atoms. The number of aliphatic carboxylic acids is 1. The first-order chi connectivity index (χ1) is 7.84. The Morgan fingerprint density at radius 3 is 2.53 bits per heavy atom. The summed E-state index contributed by atoms with van der Waals surface area (Å²) in [5.74, 6) is -0.763. The molecule has 0 atom stereocenters. The second kappa shape index (κ2) is 3.73. The lowest BCUT2D eigenvalue weighted by molar-refractivity contribution is -0.143. The minimum Gasteiger partial charge on any atom is -0.481 e. The topological polar surface area (TPSA) is 37.3 Å². The van der Waals surface area contributed by atoms with E-state index in [-0.39, 0.29) is 0 Å². The van der Waals surface area contributed by atoms with Crippen LogP contribution in [-0.4, -0.2) is 11.1 Å². The van der Waals surface area contributed by atoms with E-state index in [9.17, 15) is 9.90 Å². The molecule has 0 fully saturated rings. The van der Waals surface area contributed by atoms with E-state index >= 15 is 0 Å². The van der Waals surface area contributed by atoms with Crippen molar-refractivity contribution in [1.29, 1.82) is 0 Å². The average Bonchev–Trinajstić information content (AvgIpc) is 2.53. The number of benzene rings is 1. The predicted molar refractivity (Wildman–Crippen MR) is 68.9 cm³/mol. The van der Waals surface area contributed by atoms with Gasteiger partial charge in [0.1, 0.15) is 0 Å². The van der Waals surface area contributed by atoms with Gasteiger partial charge in [0.25, 0.3) is 0 Å². The van der Waals surface area contributed by atoms with Gasteiger partial charge in [-0.25, -0.2) is 0 Å². The summed E-state index contributed by atoms with van der Waals surface area (Å²) in [6.45, 7) is 7.64. The number of carboxylic acids is 1. The van der Waals surface area contributed by atoms with E-state index in [1.54, 1.807) is 13.8 Å². The van der Waals surface area contributed by atoms with Crippen molar-refractivity contribution in [2.75, 3.05) is 0 Å². The quantitative estimate of drug-likeness (QED) is 0.845. The monoisotopic (exact) mass is 230 g/mol. The SMILES string of the molecule is CC1=C(C(C)(C)C(=O)O)c2cc(C)ccc2C1. The molecule has 2 nitrogen and oxygen atoms in total. The lowest BCUT2D eigenvalue weighted by atomic mass is 9.80. The smallest absolute Gasteiger partial charge is 0.313 e. The Bertz CT molecular complexity index is 522. The van der Waals surface area contributed by atoms with Crippen molar-refractivity contribution in [2.45, 2.75) is 34.1 Å². The highest BCUT2D eigenvalue weighted by Crippen LogP contribution is 2.44.